The highest BCUT2D eigenvalue weighted by Crippen LogP contribution is 2.64. The maximum Gasteiger partial charge on any atom is 0.0713 e. The predicted octanol–water partition coefficient (Wildman–Crippen LogP) is 17.3. The minimum Gasteiger partial charge on any atom is -0.311 e. The molecule has 324 valence electrons. The molecule has 3 aliphatic rings. The summed E-state index contributed by atoms with van der Waals surface area (Å²) in [7, 11) is 0. The zero-order chi connectivity index (χ0) is 45.5. The quantitative estimate of drug-likeness (QED) is 0.150. The first-order valence-corrected chi connectivity index (χ1v) is 23.7. The van der Waals surface area contributed by atoms with Crippen LogP contribution in [0.2, 0.25) is 0 Å². The van der Waals surface area contributed by atoms with Crippen molar-refractivity contribution in [3.8, 4) is 11.1 Å². The first kappa shape index (κ1) is 41.5. The topological polar surface area (TPSA) is 6.48 Å². The Morgan fingerprint density at radius 3 is 1.15 bits per heavy atom. The Balaban J connectivity index is 1.17. The highest BCUT2D eigenvalue weighted by molar-refractivity contribution is 5.95. The van der Waals surface area contributed by atoms with Crippen LogP contribution in [0.4, 0.5) is 34.1 Å². The molecule has 0 spiro atoms. The molecule has 0 bridgehead atoms. The van der Waals surface area contributed by atoms with E-state index in [0.717, 1.165) is 47.0 Å². The first-order chi connectivity index (χ1) is 31.9. The summed E-state index contributed by atoms with van der Waals surface area (Å²) < 4.78 is 0. The highest BCUT2D eigenvalue weighted by atomic mass is 15.1. The van der Waals surface area contributed by atoms with Crippen molar-refractivity contribution in [2.75, 3.05) is 9.80 Å². The lowest BCUT2D eigenvalue weighted by Gasteiger charge is -2.39. The molecule has 3 aliphatic carbocycles. The van der Waals surface area contributed by atoms with Crippen LogP contribution in [0.25, 0.3) is 16.7 Å². The second-order valence-electron chi connectivity index (χ2n) is 19.8. The number of fused-ring (bicyclic) bond motifs is 6. The van der Waals surface area contributed by atoms with Gasteiger partial charge in [0.2, 0.25) is 0 Å². The minimum absolute atomic E-state index is 0.220. The average Bonchev–Trinajstić information content (AvgIpc) is 3.73. The summed E-state index contributed by atoms with van der Waals surface area (Å²) in [5.74, 6) is 0. The lowest BCUT2D eigenvalue weighted by molar-refractivity contribution is 0.630. The van der Waals surface area contributed by atoms with Gasteiger partial charge in [0.25, 0.3) is 0 Å². The molecule has 0 aliphatic heterocycles. The fourth-order valence-corrected chi connectivity index (χ4v) is 11.4. The number of nitrogens with zero attached hydrogens (tertiary/aromatic N) is 2. The van der Waals surface area contributed by atoms with Crippen LogP contribution >= 0.6 is 0 Å². The van der Waals surface area contributed by atoms with Crippen LogP contribution in [0.5, 0.6) is 0 Å². The Labute approximate surface area is 392 Å². The Hall–Kier alpha value is -7.16. The normalized spacial score (nSPS) is 15.1. The van der Waals surface area contributed by atoms with E-state index in [2.05, 4.69) is 247 Å². The van der Waals surface area contributed by atoms with Gasteiger partial charge in [0.05, 0.1) is 5.41 Å². The smallest absolute Gasteiger partial charge is 0.0713 e. The largest absolute Gasteiger partial charge is 0.311 e. The third-order valence-corrected chi connectivity index (χ3v) is 14.8. The molecule has 0 amide bonds. The SMILES string of the molecule is CC1=CC2=C(CC1)c1ccc3c(c1C2(c1ccc(N(c2ccc(C)cc2)c2ccc(C)cc2)cc1)c1ccc(N(c2ccc(C)cc2)c2ccc(C)cc2)cc1)C(C)(C)c1cc(C)ccc1-3. The van der Waals surface area contributed by atoms with Crippen LogP contribution in [-0.2, 0) is 10.8 Å². The minimum atomic E-state index is -0.583. The van der Waals surface area contributed by atoms with Crippen molar-refractivity contribution >= 4 is 39.7 Å². The molecular formula is C64H58N2. The maximum atomic E-state index is 2.56. The standard InChI is InChI=1S/C64H58N2/c1-41-9-23-49(24-10-41)65(50-25-11-42(2)12-26-50)53-31-19-47(20-32-53)64(48-21-33-54(34-22-48)66(51-27-13-43(3)14-28-51)52-29-15-44(4)16-30-52)60-40-46(6)18-36-56(60)58-38-37-57-55-35-17-45(5)39-59(55)63(7,8)61(57)62(58)64/h9-17,19-35,37-40H,18,36H2,1-8H3. The van der Waals surface area contributed by atoms with Gasteiger partial charge in [-0.25, -0.2) is 0 Å². The second kappa shape index (κ2) is 15.8. The second-order valence-corrected chi connectivity index (χ2v) is 19.8. The molecule has 0 N–H and O–H groups in total. The Morgan fingerprint density at radius 2 is 0.727 bits per heavy atom. The molecule has 2 nitrogen and oxygen atoms in total. The summed E-state index contributed by atoms with van der Waals surface area (Å²) in [4.78, 5) is 4.79. The maximum absolute atomic E-state index is 2.56. The summed E-state index contributed by atoms with van der Waals surface area (Å²) in [6, 6.07) is 66.9. The zero-order valence-electron chi connectivity index (χ0n) is 39.6. The molecule has 0 saturated heterocycles. The number of benzene rings is 8. The number of aryl methyl sites for hydroxylation is 5. The van der Waals surface area contributed by atoms with E-state index in [1.165, 1.54) is 89.0 Å². The van der Waals surface area contributed by atoms with Crippen molar-refractivity contribution in [3.63, 3.8) is 0 Å². The highest BCUT2D eigenvalue weighted by Gasteiger charge is 2.53. The molecule has 66 heavy (non-hydrogen) atoms. The van der Waals surface area contributed by atoms with E-state index in [9.17, 15) is 0 Å². The van der Waals surface area contributed by atoms with Gasteiger partial charge in [-0.2, -0.15) is 0 Å². The van der Waals surface area contributed by atoms with Gasteiger partial charge in [-0.05, 0) is 183 Å². The van der Waals surface area contributed by atoms with E-state index in [0.29, 0.717) is 0 Å². The fourth-order valence-electron chi connectivity index (χ4n) is 11.4. The summed E-state index contributed by atoms with van der Waals surface area (Å²) in [6.45, 7) is 18.1. The lowest BCUT2D eigenvalue weighted by Crippen LogP contribution is -2.33. The number of hydrogen-bond acceptors (Lipinski definition) is 2. The van der Waals surface area contributed by atoms with Crippen LogP contribution < -0.4 is 9.80 Å². The van der Waals surface area contributed by atoms with Gasteiger partial charge >= 0.3 is 0 Å². The Bertz CT molecular complexity index is 2990. The molecule has 0 unspecified atom stereocenters. The van der Waals surface area contributed by atoms with Crippen LogP contribution in [0.15, 0.2) is 193 Å². The van der Waals surface area contributed by atoms with Crippen LogP contribution in [0.3, 0.4) is 0 Å². The predicted molar refractivity (Wildman–Crippen MR) is 280 cm³/mol. The molecule has 0 radical (unpaired) electrons. The van der Waals surface area contributed by atoms with E-state index in [4.69, 9.17) is 0 Å². The molecule has 0 saturated carbocycles. The van der Waals surface area contributed by atoms with E-state index in [1.807, 2.05) is 0 Å². The average molecular weight is 855 g/mol. The van der Waals surface area contributed by atoms with E-state index < -0.39 is 5.41 Å². The third kappa shape index (κ3) is 6.60. The van der Waals surface area contributed by atoms with E-state index in [-0.39, 0.29) is 5.41 Å². The third-order valence-electron chi connectivity index (χ3n) is 14.8. The van der Waals surface area contributed by atoms with E-state index in [1.54, 1.807) is 0 Å². The van der Waals surface area contributed by atoms with Crippen molar-refractivity contribution < 1.29 is 0 Å². The van der Waals surface area contributed by atoms with Gasteiger partial charge in [0.15, 0.2) is 0 Å². The van der Waals surface area contributed by atoms with Crippen LogP contribution in [-0.4, -0.2) is 0 Å². The molecule has 2 heteroatoms. The Kier molecular flexibility index (Phi) is 9.93. The van der Waals surface area contributed by atoms with Gasteiger partial charge < -0.3 is 9.80 Å². The fraction of sp³-hybridized carbons (Fsp3) is 0.188. The van der Waals surface area contributed by atoms with Gasteiger partial charge in [-0.3, -0.25) is 0 Å². The van der Waals surface area contributed by atoms with Crippen molar-refractivity contribution in [3.05, 3.63) is 254 Å². The molecule has 0 heterocycles. The number of anilines is 6. The van der Waals surface area contributed by atoms with Gasteiger partial charge in [-0.1, -0.05) is 156 Å². The molecule has 0 aromatic heterocycles. The van der Waals surface area contributed by atoms with Crippen molar-refractivity contribution in [1.29, 1.82) is 0 Å². The van der Waals surface area contributed by atoms with Crippen molar-refractivity contribution in [2.45, 2.75) is 79.1 Å². The lowest BCUT2D eigenvalue weighted by atomic mass is 9.62. The molecule has 0 atom stereocenters. The van der Waals surface area contributed by atoms with Crippen molar-refractivity contribution in [1.82, 2.24) is 0 Å². The summed E-state index contributed by atoms with van der Waals surface area (Å²) in [5.41, 5.74) is 27.7. The number of rotatable bonds is 8. The number of allylic oxidation sites excluding steroid dienone is 4. The first-order valence-electron chi connectivity index (χ1n) is 23.7. The van der Waals surface area contributed by atoms with Crippen molar-refractivity contribution in [2.24, 2.45) is 0 Å². The summed E-state index contributed by atoms with van der Waals surface area (Å²) >= 11 is 0. The van der Waals surface area contributed by atoms with Crippen LogP contribution in [0, 0.1) is 34.6 Å². The zero-order valence-corrected chi connectivity index (χ0v) is 39.6. The Morgan fingerprint density at radius 1 is 0.364 bits per heavy atom. The van der Waals surface area contributed by atoms with E-state index >= 15 is 0 Å². The monoisotopic (exact) mass is 854 g/mol. The summed E-state index contributed by atoms with van der Waals surface area (Å²) in [6.07, 6.45) is 4.65. The van der Waals surface area contributed by atoms with Crippen LogP contribution in [0.1, 0.15) is 94.8 Å². The van der Waals surface area contributed by atoms with Gasteiger partial charge in [0, 0.05) is 39.5 Å². The molecule has 11 rings (SSSR count). The molecule has 8 aromatic carbocycles. The van der Waals surface area contributed by atoms with Gasteiger partial charge in [-0.15, -0.1) is 0 Å². The molecular weight excluding hydrogens is 797 g/mol. The number of hydrogen-bond donors (Lipinski definition) is 0. The summed E-state index contributed by atoms with van der Waals surface area (Å²) in [5, 5.41) is 0. The molecule has 8 aromatic rings. The molecule has 0 fully saturated rings. The van der Waals surface area contributed by atoms with Gasteiger partial charge in [0.1, 0.15) is 0 Å².